The van der Waals surface area contributed by atoms with Gasteiger partial charge >= 0.3 is 0 Å². The molecule has 0 unspecified atom stereocenters. The van der Waals surface area contributed by atoms with E-state index in [0.717, 1.165) is 11.1 Å². The van der Waals surface area contributed by atoms with Crippen molar-refractivity contribution in [3.05, 3.63) is 81.4 Å². The smallest absolute Gasteiger partial charge is 0.267 e. The first kappa shape index (κ1) is 16.1. The molecule has 116 valence electrons. The second kappa shape index (κ2) is 7.65. The minimum absolute atomic E-state index is 0.137. The number of allylic oxidation sites excluding steroid dienone is 1. The van der Waals surface area contributed by atoms with Crippen molar-refractivity contribution in [2.45, 2.75) is 6.92 Å². The summed E-state index contributed by atoms with van der Waals surface area (Å²) in [5.74, 6) is -0.502. The highest BCUT2D eigenvalue weighted by molar-refractivity contribution is 5.95. The lowest BCUT2D eigenvalue weighted by molar-refractivity contribution is -0.384. The number of benzene rings is 2. The molecule has 0 aliphatic rings. The van der Waals surface area contributed by atoms with Gasteiger partial charge in [-0.25, -0.2) is 5.43 Å². The molecule has 2 aromatic carbocycles. The van der Waals surface area contributed by atoms with Gasteiger partial charge in [0.25, 0.3) is 11.6 Å². The van der Waals surface area contributed by atoms with Crippen LogP contribution in [0, 0.1) is 10.1 Å². The molecule has 0 saturated carbocycles. The Morgan fingerprint density at radius 2 is 1.91 bits per heavy atom. The molecular weight excluding hydrogens is 294 g/mol. The number of nitro groups is 1. The van der Waals surface area contributed by atoms with Crippen molar-refractivity contribution in [3.8, 4) is 0 Å². The molecule has 2 rings (SSSR count). The highest BCUT2D eigenvalue weighted by Crippen LogP contribution is 2.12. The van der Waals surface area contributed by atoms with Gasteiger partial charge in [0.1, 0.15) is 0 Å². The van der Waals surface area contributed by atoms with Crippen LogP contribution in [0.25, 0.3) is 6.08 Å². The lowest BCUT2D eigenvalue weighted by Gasteiger charge is -2.00. The van der Waals surface area contributed by atoms with Crippen molar-refractivity contribution in [1.29, 1.82) is 0 Å². The Labute approximate surface area is 133 Å². The first-order valence-corrected chi connectivity index (χ1v) is 6.87. The number of carbonyl (C=O) groups excluding carboxylic acids is 1. The summed E-state index contributed by atoms with van der Waals surface area (Å²) in [6, 6.07) is 15.2. The molecule has 0 aromatic heterocycles. The lowest BCUT2D eigenvalue weighted by Crippen LogP contribution is -2.17. The maximum Gasteiger partial charge on any atom is 0.271 e. The first-order valence-electron chi connectivity index (χ1n) is 6.87. The molecular formula is C17H15N3O3. The quantitative estimate of drug-likeness (QED) is 0.522. The predicted octanol–water partition coefficient (Wildman–Crippen LogP) is 3.41. The van der Waals surface area contributed by atoms with Crippen LogP contribution in [0.5, 0.6) is 0 Å². The maximum absolute atomic E-state index is 11.9. The third-order valence-corrected chi connectivity index (χ3v) is 2.95. The average molecular weight is 309 g/mol. The van der Waals surface area contributed by atoms with Gasteiger partial charge in [0, 0.05) is 17.7 Å². The Kier molecular flexibility index (Phi) is 5.35. The minimum Gasteiger partial charge on any atom is -0.267 e. The van der Waals surface area contributed by atoms with Crippen LogP contribution in [0.15, 0.2) is 65.3 Å². The summed E-state index contributed by atoms with van der Waals surface area (Å²) < 4.78 is 0. The van der Waals surface area contributed by atoms with Gasteiger partial charge in [0.15, 0.2) is 0 Å². The van der Waals surface area contributed by atoms with Gasteiger partial charge in [-0.05, 0) is 24.1 Å². The molecule has 6 heteroatoms. The van der Waals surface area contributed by atoms with Gasteiger partial charge in [0.2, 0.25) is 0 Å². The Morgan fingerprint density at radius 1 is 1.17 bits per heavy atom. The van der Waals surface area contributed by atoms with E-state index in [1.807, 2.05) is 43.3 Å². The van der Waals surface area contributed by atoms with Gasteiger partial charge in [-0.2, -0.15) is 5.10 Å². The van der Waals surface area contributed by atoms with Gasteiger partial charge < -0.3 is 0 Å². The second-order valence-corrected chi connectivity index (χ2v) is 4.81. The molecule has 0 saturated heterocycles. The molecule has 0 radical (unpaired) electrons. The number of nitrogens with one attached hydrogen (secondary N) is 1. The zero-order valence-corrected chi connectivity index (χ0v) is 12.5. The van der Waals surface area contributed by atoms with Crippen molar-refractivity contribution >= 4 is 23.9 Å². The zero-order chi connectivity index (χ0) is 16.7. The number of hydrazone groups is 1. The van der Waals surface area contributed by atoms with Crippen LogP contribution in [0.2, 0.25) is 0 Å². The summed E-state index contributed by atoms with van der Waals surface area (Å²) in [6.07, 6.45) is 3.44. The Balaban J connectivity index is 2.00. The fourth-order valence-corrected chi connectivity index (χ4v) is 1.87. The van der Waals surface area contributed by atoms with Crippen molar-refractivity contribution < 1.29 is 9.72 Å². The fourth-order valence-electron chi connectivity index (χ4n) is 1.87. The maximum atomic E-state index is 11.9. The summed E-state index contributed by atoms with van der Waals surface area (Å²) in [5.41, 5.74) is 4.28. The summed E-state index contributed by atoms with van der Waals surface area (Å²) >= 11 is 0. The van der Waals surface area contributed by atoms with E-state index in [0.29, 0.717) is 0 Å². The highest BCUT2D eigenvalue weighted by atomic mass is 16.6. The third kappa shape index (κ3) is 4.89. The molecule has 0 aliphatic carbocycles. The van der Waals surface area contributed by atoms with E-state index in [-0.39, 0.29) is 11.3 Å². The van der Waals surface area contributed by atoms with E-state index in [9.17, 15) is 14.9 Å². The third-order valence-electron chi connectivity index (χ3n) is 2.95. The number of rotatable bonds is 5. The molecule has 0 fully saturated rings. The first-order chi connectivity index (χ1) is 11.1. The number of hydrogen-bond donors (Lipinski definition) is 1. The standard InChI is InChI=1S/C17H15N3O3/c1-13(10-14-6-3-2-4-7-14)12-18-19-17(21)15-8-5-9-16(11-15)20(22)23/h2-12H,1H3,(H,19,21)/b13-10+,18-12+. The van der Waals surface area contributed by atoms with Crippen LogP contribution in [-0.4, -0.2) is 17.0 Å². The number of nitro benzene ring substituents is 1. The largest absolute Gasteiger partial charge is 0.271 e. The summed E-state index contributed by atoms with van der Waals surface area (Å²) in [5, 5.41) is 14.5. The summed E-state index contributed by atoms with van der Waals surface area (Å²) in [7, 11) is 0. The van der Waals surface area contributed by atoms with E-state index in [4.69, 9.17) is 0 Å². The lowest BCUT2D eigenvalue weighted by atomic mass is 10.1. The van der Waals surface area contributed by atoms with Crippen LogP contribution in [0.4, 0.5) is 5.69 Å². The number of amides is 1. The van der Waals surface area contributed by atoms with Crippen molar-refractivity contribution in [2.75, 3.05) is 0 Å². The molecule has 23 heavy (non-hydrogen) atoms. The van der Waals surface area contributed by atoms with Crippen LogP contribution in [-0.2, 0) is 0 Å². The summed E-state index contributed by atoms with van der Waals surface area (Å²) in [6.45, 7) is 1.86. The Bertz CT molecular complexity index is 768. The average Bonchev–Trinajstić information content (AvgIpc) is 2.55. The molecule has 0 heterocycles. The van der Waals surface area contributed by atoms with Gasteiger partial charge in [-0.1, -0.05) is 42.5 Å². The van der Waals surface area contributed by atoms with Crippen LogP contribution in [0.3, 0.4) is 0 Å². The number of non-ortho nitro benzene ring substituents is 1. The van der Waals surface area contributed by atoms with Crippen molar-refractivity contribution in [1.82, 2.24) is 5.43 Å². The minimum atomic E-state index is -0.549. The number of carbonyl (C=O) groups is 1. The fraction of sp³-hybridized carbons (Fsp3) is 0.0588. The van der Waals surface area contributed by atoms with Gasteiger partial charge in [-0.3, -0.25) is 14.9 Å². The molecule has 1 N–H and O–H groups in total. The molecule has 6 nitrogen and oxygen atoms in total. The van der Waals surface area contributed by atoms with E-state index < -0.39 is 10.8 Å². The normalized spacial score (nSPS) is 11.4. The monoisotopic (exact) mass is 309 g/mol. The van der Waals surface area contributed by atoms with Gasteiger partial charge in [-0.15, -0.1) is 0 Å². The molecule has 1 amide bonds. The molecule has 0 aliphatic heterocycles. The Morgan fingerprint density at radius 3 is 2.61 bits per heavy atom. The Hall–Kier alpha value is -3.28. The molecule has 0 atom stereocenters. The van der Waals surface area contributed by atoms with Crippen molar-refractivity contribution in [2.24, 2.45) is 5.10 Å². The molecule has 0 spiro atoms. The number of hydrogen-bond acceptors (Lipinski definition) is 4. The van der Waals surface area contributed by atoms with E-state index in [2.05, 4.69) is 10.5 Å². The molecule has 2 aromatic rings. The topological polar surface area (TPSA) is 84.6 Å². The second-order valence-electron chi connectivity index (χ2n) is 4.81. The van der Waals surface area contributed by atoms with Gasteiger partial charge in [0.05, 0.1) is 11.1 Å². The number of nitrogens with zero attached hydrogens (tertiary/aromatic N) is 2. The van der Waals surface area contributed by atoms with E-state index in [1.165, 1.54) is 30.5 Å². The zero-order valence-electron chi connectivity index (χ0n) is 12.5. The van der Waals surface area contributed by atoms with Crippen LogP contribution < -0.4 is 5.43 Å². The SMILES string of the molecule is CC(/C=N/NC(=O)c1cccc([N+](=O)[O-])c1)=C\c1ccccc1. The summed E-state index contributed by atoms with van der Waals surface area (Å²) in [4.78, 5) is 22.0. The van der Waals surface area contributed by atoms with Crippen LogP contribution >= 0.6 is 0 Å². The van der Waals surface area contributed by atoms with E-state index in [1.54, 1.807) is 0 Å². The van der Waals surface area contributed by atoms with Crippen molar-refractivity contribution in [3.63, 3.8) is 0 Å². The predicted molar refractivity (Wildman–Crippen MR) is 89.1 cm³/mol. The highest BCUT2D eigenvalue weighted by Gasteiger charge is 2.10. The molecule has 0 bridgehead atoms. The van der Waals surface area contributed by atoms with E-state index >= 15 is 0 Å². The van der Waals surface area contributed by atoms with Crippen LogP contribution in [0.1, 0.15) is 22.8 Å².